The van der Waals surface area contributed by atoms with E-state index in [1.54, 1.807) is 5.01 Å². The highest BCUT2D eigenvalue weighted by Crippen LogP contribution is 2.39. The fourth-order valence-electron chi connectivity index (χ4n) is 4.87. The molecule has 0 radical (unpaired) electrons. The van der Waals surface area contributed by atoms with E-state index in [-0.39, 0.29) is 30.8 Å². The van der Waals surface area contributed by atoms with Crippen LogP contribution in [-0.4, -0.2) is 42.2 Å². The molecule has 4 rings (SSSR count). The molecule has 190 valence electrons. The maximum atomic E-state index is 13.2. The molecular formula is C25H26F6N2O2. The maximum Gasteiger partial charge on any atom is 0.416 e. The van der Waals surface area contributed by atoms with Gasteiger partial charge < -0.3 is 4.74 Å². The minimum atomic E-state index is -4.90. The number of hydrazine groups is 1. The number of alkyl halides is 6. The van der Waals surface area contributed by atoms with Crippen molar-refractivity contribution in [1.29, 1.82) is 0 Å². The summed E-state index contributed by atoms with van der Waals surface area (Å²) >= 11 is 0. The summed E-state index contributed by atoms with van der Waals surface area (Å²) in [6.07, 6.45) is -7.18. The first-order chi connectivity index (χ1) is 16.5. The lowest BCUT2D eigenvalue weighted by Gasteiger charge is -2.44. The number of carbonyl (C=O) groups is 1. The van der Waals surface area contributed by atoms with Crippen LogP contribution >= 0.6 is 0 Å². The van der Waals surface area contributed by atoms with E-state index in [1.807, 2.05) is 35.3 Å². The standard InChI is InChI=1S/C25H26F6N2O2/c26-24(27,28)20-13-18(14-21(15-20)25(29,30)31)16-35-17-23(19-5-2-1-3-6-19)8-11-32(12-9-23)33-10-4-7-22(33)34/h1-3,5-6,13-15H,4,7-12,16-17H2. The van der Waals surface area contributed by atoms with Crippen molar-refractivity contribution in [1.82, 2.24) is 10.0 Å². The SMILES string of the molecule is O=C1CCCN1N1CCC(COCc2cc(C(F)(F)F)cc(C(F)(F)F)c2)(c2ccccc2)CC1. The Hall–Kier alpha value is -2.59. The number of benzene rings is 2. The summed E-state index contributed by atoms with van der Waals surface area (Å²) in [7, 11) is 0. The van der Waals surface area contributed by atoms with Crippen molar-refractivity contribution in [3.8, 4) is 0 Å². The molecule has 2 aromatic rings. The molecule has 2 heterocycles. The molecule has 2 aliphatic heterocycles. The zero-order valence-corrected chi connectivity index (χ0v) is 19.0. The van der Waals surface area contributed by atoms with E-state index in [1.165, 1.54) is 0 Å². The van der Waals surface area contributed by atoms with Gasteiger partial charge in [0.25, 0.3) is 0 Å². The molecule has 0 aliphatic carbocycles. The molecule has 1 amide bonds. The number of amides is 1. The topological polar surface area (TPSA) is 32.8 Å². The Labute approximate surface area is 199 Å². The quantitative estimate of drug-likeness (QED) is 0.470. The number of piperidine rings is 1. The second-order valence-corrected chi connectivity index (χ2v) is 9.13. The summed E-state index contributed by atoms with van der Waals surface area (Å²) in [5.41, 5.74) is -2.36. The van der Waals surface area contributed by atoms with Gasteiger partial charge in [0.05, 0.1) is 24.3 Å². The molecule has 2 saturated heterocycles. The summed E-state index contributed by atoms with van der Waals surface area (Å²) in [4.78, 5) is 12.1. The largest absolute Gasteiger partial charge is 0.416 e. The van der Waals surface area contributed by atoms with Crippen molar-refractivity contribution in [2.24, 2.45) is 0 Å². The van der Waals surface area contributed by atoms with E-state index < -0.39 is 28.9 Å². The summed E-state index contributed by atoms with van der Waals surface area (Å²) in [5.74, 6) is 0.0958. The normalized spacial score (nSPS) is 19.4. The molecule has 10 heteroatoms. The van der Waals surface area contributed by atoms with Gasteiger partial charge in [0.1, 0.15) is 0 Å². The van der Waals surface area contributed by atoms with Gasteiger partial charge in [0, 0.05) is 31.5 Å². The van der Waals surface area contributed by atoms with E-state index in [2.05, 4.69) is 0 Å². The highest BCUT2D eigenvalue weighted by molar-refractivity contribution is 5.77. The van der Waals surface area contributed by atoms with Crippen molar-refractivity contribution in [3.05, 3.63) is 70.8 Å². The van der Waals surface area contributed by atoms with Crippen LogP contribution in [0.5, 0.6) is 0 Å². The van der Waals surface area contributed by atoms with Gasteiger partial charge in [-0.3, -0.25) is 9.80 Å². The zero-order valence-electron chi connectivity index (χ0n) is 19.0. The van der Waals surface area contributed by atoms with Gasteiger partial charge in [-0.05, 0) is 48.6 Å². The smallest absolute Gasteiger partial charge is 0.376 e. The summed E-state index contributed by atoms with van der Waals surface area (Å²) in [6, 6.07) is 11.1. The van der Waals surface area contributed by atoms with Crippen LogP contribution in [0.15, 0.2) is 48.5 Å². The second kappa shape index (κ2) is 9.81. The van der Waals surface area contributed by atoms with Crippen LogP contribution in [0.4, 0.5) is 26.3 Å². The lowest BCUT2D eigenvalue weighted by molar-refractivity contribution is -0.147. The first-order valence-corrected chi connectivity index (χ1v) is 11.4. The monoisotopic (exact) mass is 500 g/mol. The highest BCUT2D eigenvalue weighted by atomic mass is 19.4. The fraction of sp³-hybridized carbons (Fsp3) is 0.480. The molecule has 0 atom stereocenters. The Kier molecular flexibility index (Phi) is 7.15. The van der Waals surface area contributed by atoms with E-state index in [9.17, 15) is 31.1 Å². The molecule has 2 aromatic carbocycles. The molecule has 0 spiro atoms. The van der Waals surface area contributed by atoms with Crippen molar-refractivity contribution < 1.29 is 35.9 Å². The Bertz CT molecular complexity index is 998. The molecule has 35 heavy (non-hydrogen) atoms. The number of nitrogens with zero attached hydrogens (tertiary/aromatic N) is 2. The molecule has 2 aliphatic rings. The van der Waals surface area contributed by atoms with Crippen molar-refractivity contribution in [3.63, 3.8) is 0 Å². The van der Waals surface area contributed by atoms with Crippen molar-refractivity contribution in [2.45, 2.75) is 50.1 Å². The molecule has 0 saturated carbocycles. The zero-order chi connectivity index (χ0) is 25.3. The number of hydrogen-bond acceptors (Lipinski definition) is 3. The maximum absolute atomic E-state index is 13.2. The molecule has 4 nitrogen and oxygen atoms in total. The second-order valence-electron chi connectivity index (χ2n) is 9.13. The van der Waals surface area contributed by atoms with E-state index in [0.29, 0.717) is 51.0 Å². The third kappa shape index (κ3) is 5.81. The van der Waals surface area contributed by atoms with Crippen LogP contribution in [-0.2, 0) is 33.9 Å². The van der Waals surface area contributed by atoms with Crippen molar-refractivity contribution >= 4 is 5.91 Å². The average molecular weight is 500 g/mol. The van der Waals surface area contributed by atoms with Gasteiger partial charge in [-0.15, -0.1) is 0 Å². The third-order valence-electron chi connectivity index (χ3n) is 6.77. The van der Waals surface area contributed by atoms with Crippen LogP contribution in [0.2, 0.25) is 0 Å². The predicted octanol–water partition coefficient (Wildman–Crippen LogP) is 5.81. The minimum Gasteiger partial charge on any atom is -0.376 e. The van der Waals surface area contributed by atoms with Gasteiger partial charge in [-0.2, -0.15) is 26.3 Å². The third-order valence-corrected chi connectivity index (χ3v) is 6.77. The van der Waals surface area contributed by atoms with Gasteiger partial charge in [0.15, 0.2) is 0 Å². The minimum absolute atomic E-state index is 0.0958. The number of ether oxygens (including phenoxy) is 1. The van der Waals surface area contributed by atoms with Gasteiger partial charge in [-0.25, -0.2) is 5.01 Å². The van der Waals surface area contributed by atoms with Crippen LogP contribution in [0.3, 0.4) is 0 Å². The Morgan fingerprint density at radius 1 is 0.857 bits per heavy atom. The lowest BCUT2D eigenvalue weighted by Crippen LogP contribution is -2.52. The predicted molar refractivity (Wildman–Crippen MR) is 116 cm³/mol. The fourth-order valence-corrected chi connectivity index (χ4v) is 4.87. The molecule has 2 fully saturated rings. The molecule has 0 aromatic heterocycles. The molecule has 0 bridgehead atoms. The average Bonchev–Trinajstić information content (AvgIpc) is 3.24. The van der Waals surface area contributed by atoms with Crippen LogP contribution in [0.25, 0.3) is 0 Å². The Morgan fingerprint density at radius 2 is 1.46 bits per heavy atom. The first-order valence-electron chi connectivity index (χ1n) is 11.4. The number of hydrogen-bond donors (Lipinski definition) is 0. The Morgan fingerprint density at radius 3 is 1.97 bits per heavy atom. The molecule has 0 unspecified atom stereocenters. The van der Waals surface area contributed by atoms with Crippen LogP contribution in [0.1, 0.15) is 47.9 Å². The molecular weight excluding hydrogens is 474 g/mol. The lowest BCUT2D eigenvalue weighted by atomic mass is 9.73. The summed E-state index contributed by atoms with van der Waals surface area (Å²) in [6.45, 7) is 1.65. The van der Waals surface area contributed by atoms with Crippen LogP contribution < -0.4 is 0 Å². The highest BCUT2D eigenvalue weighted by Gasteiger charge is 2.40. The summed E-state index contributed by atoms with van der Waals surface area (Å²) in [5, 5.41) is 3.80. The van der Waals surface area contributed by atoms with Gasteiger partial charge in [-0.1, -0.05) is 30.3 Å². The molecule has 0 N–H and O–H groups in total. The van der Waals surface area contributed by atoms with E-state index in [4.69, 9.17) is 4.74 Å². The van der Waals surface area contributed by atoms with Gasteiger partial charge in [0.2, 0.25) is 5.91 Å². The van der Waals surface area contributed by atoms with Crippen molar-refractivity contribution in [2.75, 3.05) is 26.2 Å². The van der Waals surface area contributed by atoms with Crippen LogP contribution in [0, 0.1) is 0 Å². The number of halogens is 6. The Balaban J connectivity index is 1.50. The number of carbonyl (C=O) groups excluding carboxylic acids is 1. The number of rotatable bonds is 6. The first kappa shape index (κ1) is 25.5. The summed E-state index contributed by atoms with van der Waals surface area (Å²) < 4.78 is 84.9. The van der Waals surface area contributed by atoms with Gasteiger partial charge >= 0.3 is 12.4 Å². The van der Waals surface area contributed by atoms with E-state index in [0.717, 1.165) is 12.0 Å². The van der Waals surface area contributed by atoms with E-state index >= 15 is 0 Å².